The molecule has 0 spiro atoms. The number of amides is 1. The van der Waals surface area contributed by atoms with Crippen molar-refractivity contribution in [3.05, 3.63) is 40.9 Å². The van der Waals surface area contributed by atoms with E-state index in [0.29, 0.717) is 6.42 Å². The van der Waals surface area contributed by atoms with Crippen molar-refractivity contribution in [1.82, 2.24) is 4.90 Å². The van der Waals surface area contributed by atoms with Crippen molar-refractivity contribution in [2.75, 3.05) is 25.0 Å². The van der Waals surface area contributed by atoms with Crippen LogP contribution in [0.25, 0.3) is 0 Å². The van der Waals surface area contributed by atoms with Gasteiger partial charge in [0, 0.05) is 29.7 Å². The van der Waals surface area contributed by atoms with Crippen molar-refractivity contribution >= 4 is 39.9 Å². The normalized spacial score (nSPS) is 10.0. The fourth-order valence-corrected chi connectivity index (χ4v) is 2.01. The molecule has 1 aromatic rings. The molecule has 0 bridgehead atoms. The van der Waals surface area contributed by atoms with Crippen LogP contribution in [0.2, 0.25) is 0 Å². The Balaban J connectivity index is 0.00000361. The summed E-state index contributed by atoms with van der Waals surface area (Å²) in [7, 11) is 0. The Labute approximate surface area is 136 Å². The first-order valence-electron chi connectivity index (χ1n) is 6.43. The molecule has 0 aromatic heterocycles. The van der Waals surface area contributed by atoms with E-state index in [1.54, 1.807) is 0 Å². The largest absolute Gasteiger partial charge is 0.326 e. The number of nitrogens with zero attached hydrogens (tertiary/aromatic N) is 1. The van der Waals surface area contributed by atoms with E-state index in [9.17, 15) is 4.79 Å². The summed E-state index contributed by atoms with van der Waals surface area (Å²) < 4.78 is 1.00. The number of benzene rings is 1. The zero-order valence-corrected chi connectivity index (χ0v) is 14.4. The SMILES string of the molecule is C=C(C)CN(CC)CCC(=O)Nc1ccc(Br)cc1.Cl. The average molecular weight is 362 g/mol. The van der Waals surface area contributed by atoms with Crippen molar-refractivity contribution in [3.8, 4) is 0 Å². The lowest BCUT2D eigenvalue weighted by atomic mass is 10.2. The Morgan fingerprint density at radius 3 is 2.45 bits per heavy atom. The van der Waals surface area contributed by atoms with E-state index in [-0.39, 0.29) is 18.3 Å². The van der Waals surface area contributed by atoms with Crippen molar-refractivity contribution in [1.29, 1.82) is 0 Å². The molecule has 0 saturated carbocycles. The molecule has 5 heteroatoms. The number of hydrogen-bond acceptors (Lipinski definition) is 2. The zero-order valence-electron chi connectivity index (χ0n) is 12.0. The predicted molar refractivity (Wildman–Crippen MR) is 91.6 cm³/mol. The van der Waals surface area contributed by atoms with Gasteiger partial charge in [-0.2, -0.15) is 0 Å². The van der Waals surface area contributed by atoms with E-state index in [1.807, 2.05) is 31.2 Å². The number of rotatable bonds is 7. The lowest BCUT2D eigenvalue weighted by Crippen LogP contribution is -2.29. The summed E-state index contributed by atoms with van der Waals surface area (Å²) in [6.45, 7) is 10.5. The molecule has 20 heavy (non-hydrogen) atoms. The summed E-state index contributed by atoms with van der Waals surface area (Å²) in [5.41, 5.74) is 1.95. The molecule has 0 saturated heterocycles. The van der Waals surface area contributed by atoms with Crippen LogP contribution in [0.3, 0.4) is 0 Å². The van der Waals surface area contributed by atoms with Crippen LogP contribution < -0.4 is 5.32 Å². The van der Waals surface area contributed by atoms with Crippen LogP contribution in [0.15, 0.2) is 40.9 Å². The van der Waals surface area contributed by atoms with Crippen molar-refractivity contribution in [2.45, 2.75) is 20.3 Å². The second kappa shape index (κ2) is 9.97. The molecule has 0 aliphatic rings. The topological polar surface area (TPSA) is 32.3 Å². The van der Waals surface area contributed by atoms with Gasteiger partial charge in [0.1, 0.15) is 0 Å². The number of likely N-dealkylation sites (N-methyl/N-ethyl adjacent to an activating group) is 1. The van der Waals surface area contributed by atoms with Gasteiger partial charge < -0.3 is 5.32 Å². The van der Waals surface area contributed by atoms with Gasteiger partial charge in [-0.1, -0.05) is 35.0 Å². The Kier molecular flexibility index (Phi) is 9.55. The minimum atomic E-state index is 0. The second-order valence-corrected chi connectivity index (χ2v) is 5.55. The monoisotopic (exact) mass is 360 g/mol. The fraction of sp³-hybridized carbons (Fsp3) is 0.400. The summed E-state index contributed by atoms with van der Waals surface area (Å²) in [6.07, 6.45) is 0.497. The highest BCUT2D eigenvalue weighted by atomic mass is 79.9. The van der Waals surface area contributed by atoms with Crippen LogP contribution in [-0.2, 0) is 4.79 Å². The maximum atomic E-state index is 11.8. The van der Waals surface area contributed by atoms with Gasteiger partial charge in [-0.25, -0.2) is 0 Å². The van der Waals surface area contributed by atoms with Crippen LogP contribution in [0.4, 0.5) is 5.69 Å². The van der Waals surface area contributed by atoms with Crippen molar-refractivity contribution < 1.29 is 4.79 Å². The Morgan fingerprint density at radius 1 is 1.35 bits per heavy atom. The molecule has 1 aromatic carbocycles. The predicted octanol–water partition coefficient (Wildman–Crippen LogP) is 4.10. The zero-order chi connectivity index (χ0) is 14.3. The first-order valence-corrected chi connectivity index (χ1v) is 7.22. The lowest BCUT2D eigenvalue weighted by molar-refractivity contribution is -0.116. The smallest absolute Gasteiger partial charge is 0.225 e. The number of halogens is 2. The number of carbonyl (C=O) groups is 1. The highest BCUT2D eigenvalue weighted by Crippen LogP contribution is 2.14. The Bertz CT molecular complexity index is 434. The Hall–Kier alpha value is -0.840. The van der Waals surface area contributed by atoms with Crippen molar-refractivity contribution in [2.24, 2.45) is 0 Å². The third-order valence-corrected chi connectivity index (χ3v) is 3.25. The summed E-state index contributed by atoms with van der Waals surface area (Å²) in [4.78, 5) is 14.0. The van der Waals surface area contributed by atoms with Gasteiger partial charge in [-0.15, -0.1) is 12.4 Å². The standard InChI is InChI=1S/C15H21BrN2O.ClH/c1-4-18(11-12(2)3)10-9-15(19)17-14-7-5-13(16)6-8-14;/h5-8H,2,4,9-11H2,1,3H3,(H,17,19);1H. The average Bonchev–Trinajstić information content (AvgIpc) is 2.37. The second-order valence-electron chi connectivity index (χ2n) is 4.63. The molecular weight excluding hydrogens is 340 g/mol. The molecule has 0 radical (unpaired) electrons. The van der Waals surface area contributed by atoms with E-state index < -0.39 is 0 Å². The van der Waals surface area contributed by atoms with E-state index in [2.05, 4.69) is 39.6 Å². The summed E-state index contributed by atoms with van der Waals surface area (Å²) in [5, 5.41) is 2.89. The van der Waals surface area contributed by atoms with E-state index in [1.165, 1.54) is 0 Å². The van der Waals surface area contributed by atoms with Crippen LogP contribution in [0.1, 0.15) is 20.3 Å². The third-order valence-electron chi connectivity index (χ3n) is 2.72. The first-order chi connectivity index (χ1) is 9.01. The maximum Gasteiger partial charge on any atom is 0.225 e. The Morgan fingerprint density at radius 2 is 1.95 bits per heavy atom. The fourth-order valence-electron chi connectivity index (χ4n) is 1.75. The van der Waals surface area contributed by atoms with Crippen LogP contribution in [0.5, 0.6) is 0 Å². The van der Waals surface area contributed by atoms with E-state index in [0.717, 1.165) is 35.4 Å². The van der Waals surface area contributed by atoms with Gasteiger partial charge in [-0.3, -0.25) is 9.69 Å². The highest BCUT2D eigenvalue weighted by Gasteiger charge is 2.07. The molecule has 0 aliphatic carbocycles. The third kappa shape index (κ3) is 7.68. The maximum absolute atomic E-state index is 11.8. The lowest BCUT2D eigenvalue weighted by Gasteiger charge is -2.19. The molecule has 1 rings (SSSR count). The van der Waals surface area contributed by atoms with Gasteiger partial charge in [0.2, 0.25) is 5.91 Å². The number of hydrogen-bond donors (Lipinski definition) is 1. The van der Waals surface area contributed by atoms with Crippen LogP contribution in [0, 0.1) is 0 Å². The summed E-state index contributed by atoms with van der Waals surface area (Å²) in [6, 6.07) is 7.59. The van der Waals surface area contributed by atoms with Gasteiger partial charge in [0.25, 0.3) is 0 Å². The molecule has 0 fully saturated rings. The molecule has 0 unspecified atom stereocenters. The molecule has 1 N–H and O–H groups in total. The number of anilines is 1. The quantitative estimate of drug-likeness (QED) is 0.742. The highest BCUT2D eigenvalue weighted by molar-refractivity contribution is 9.10. The van der Waals surface area contributed by atoms with E-state index >= 15 is 0 Å². The van der Waals surface area contributed by atoms with E-state index in [4.69, 9.17) is 0 Å². The van der Waals surface area contributed by atoms with Gasteiger partial charge in [0.15, 0.2) is 0 Å². The van der Waals surface area contributed by atoms with Crippen LogP contribution >= 0.6 is 28.3 Å². The van der Waals surface area contributed by atoms with Crippen LogP contribution in [-0.4, -0.2) is 30.4 Å². The molecule has 0 aliphatic heterocycles. The number of carbonyl (C=O) groups excluding carboxylic acids is 1. The van der Waals surface area contributed by atoms with Crippen molar-refractivity contribution in [3.63, 3.8) is 0 Å². The summed E-state index contributed by atoms with van der Waals surface area (Å²) in [5.74, 6) is 0.0440. The molecular formula is C15H22BrClN2O. The minimum absolute atomic E-state index is 0. The molecule has 0 heterocycles. The first kappa shape index (κ1) is 19.2. The summed E-state index contributed by atoms with van der Waals surface area (Å²) >= 11 is 3.37. The van der Waals surface area contributed by atoms with Gasteiger partial charge in [-0.05, 0) is 37.7 Å². The molecule has 1 amide bonds. The van der Waals surface area contributed by atoms with Gasteiger partial charge >= 0.3 is 0 Å². The van der Waals surface area contributed by atoms with Gasteiger partial charge in [0.05, 0.1) is 0 Å². The minimum Gasteiger partial charge on any atom is -0.326 e. The molecule has 112 valence electrons. The number of nitrogens with one attached hydrogen (secondary N) is 1. The molecule has 0 atom stereocenters. The molecule has 3 nitrogen and oxygen atoms in total.